The van der Waals surface area contributed by atoms with E-state index in [9.17, 15) is 0 Å². The second kappa shape index (κ2) is 5.51. The average molecular weight is 303 g/mol. The summed E-state index contributed by atoms with van der Waals surface area (Å²) in [6.07, 6.45) is 3.42. The fourth-order valence-corrected chi connectivity index (χ4v) is 2.94. The van der Waals surface area contributed by atoms with Gasteiger partial charge in [-0.05, 0) is 59.1 Å². The summed E-state index contributed by atoms with van der Waals surface area (Å²) in [6, 6.07) is 5.98. The van der Waals surface area contributed by atoms with Crippen LogP contribution in [0, 0.1) is 0 Å². The van der Waals surface area contributed by atoms with Crippen LogP contribution in [-0.4, -0.2) is 36.0 Å². The minimum Gasteiger partial charge on any atom is -0.398 e. The Morgan fingerprint density at radius 1 is 1.18 bits per heavy atom. The lowest BCUT2D eigenvalue weighted by molar-refractivity contribution is 0.00578. The van der Waals surface area contributed by atoms with Crippen molar-refractivity contribution in [2.75, 3.05) is 11.4 Å². The van der Waals surface area contributed by atoms with Crippen molar-refractivity contribution in [3.05, 3.63) is 18.2 Å². The second-order valence-electron chi connectivity index (χ2n) is 7.27. The minimum atomic E-state index is -0.425. The quantitative estimate of drug-likeness (QED) is 0.842. The number of piperidine rings is 1. The van der Waals surface area contributed by atoms with E-state index < -0.39 is 7.12 Å². The molecule has 2 aliphatic rings. The van der Waals surface area contributed by atoms with Crippen molar-refractivity contribution in [3.8, 4) is 0 Å². The molecule has 2 N–H and O–H groups in total. The molecular weight excluding hydrogens is 277 g/mol. The van der Waals surface area contributed by atoms with Crippen LogP contribution in [0.1, 0.15) is 47.0 Å². The second-order valence-corrected chi connectivity index (χ2v) is 7.27. The van der Waals surface area contributed by atoms with E-state index in [4.69, 9.17) is 20.0 Å². The maximum absolute atomic E-state index is 6.22. The molecule has 3 rings (SSSR count). The Labute approximate surface area is 133 Å². The van der Waals surface area contributed by atoms with Crippen LogP contribution in [0.3, 0.4) is 0 Å². The first-order valence-electron chi connectivity index (χ1n) is 8.15. The Morgan fingerprint density at radius 3 is 2.50 bits per heavy atom. The van der Waals surface area contributed by atoms with Crippen LogP contribution < -0.4 is 16.2 Å². The zero-order chi connectivity index (χ0) is 16.0. The molecule has 1 aromatic heterocycles. The van der Waals surface area contributed by atoms with Gasteiger partial charge in [-0.3, -0.25) is 0 Å². The lowest BCUT2D eigenvalue weighted by Crippen LogP contribution is -2.47. The van der Waals surface area contributed by atoms with Crippen molar-refractivity contribution in [3.63, 3.8) is 0 Å². The molecule has 1 atom stereocenters. The number of pyridine rings is 1. The van der Waals surface area contributed by atoms with Crippen LogP contribution in [-0.2, 0) is 9.31 Å². The van der Waals surface area contributed by atoms with Gasteiger partial charge in [0, 0.05) is 6.54 Å². The normalized spacial score (nSPS) is 27.2. The number of hydrogen-bond acceptors (Lipinski definition) is 5. The molecule has 6 heteroatoms. The van der Waals surface area contributed by atoms with E-state index in [1.807, 2.05) is 18.2 Å². The Bertz CT molecular complexity index is 534. The third-order valence-electron chi connectivity index (χ3n) is 5.09. The van der Waals surface area contributed by atoms with Gasteiger partial charge < -0.3 is 19.9 Å². The molecular formula is C16H26BN3O2. The van der Waals surface area contributed by atoms with Crippen molar-refractivity contribution >= 4 is 18.5 Å². The molecule has 5 nitrogen and oxygen atoms in total. The summed E-state index contributed by atoms with van der Waals surface area (Å²) in [5, 5.41) is 0. The number of nitrogens with two attached hydrogens (primary N) is 1. The topological polar surface area (TPSA) is 60.6 Å². The van der Waals surface area contributed by atoms with Gasteiger partial charge in [0.25, 0.3) is 0 Å². The molecule has 22 heavy (non-hydrogen) atoms. The Hall–Kier alpha value is -1.11. The Balaban J connectivity index is 1.83. The van der Waals surface area contributed by atoms with E-state index in [1.165, 1.54) is 6.42 Å². The maximum Gasteiger partial charge on any atom is 0.514 e. The minimum absolute atomic E-state index is 0.0507. The van der Waals surface area contributed by atoms with Crippen molar-refractivity contribution in [2.45, 2.75) is 64.3 Å². The van der Waals surface area contributed by atoms with Gasteiger partial charge in [0.1, 0.15) is 5.82 Å². The summed E-state index contributed by atoms with van der Waals surface area (Å²) in [7, 11) is -0.425. The highest BCUT2D eigenvalue weighted by atomic mass is 16.7. The van der Waals surface area contributed by atoms with E-state index in [0.29, 0.717) is 0 Å². The zero-order valence-corrected chi connectivity index (χ0v) is 14.0. The number of aromatic nitrogens is 1. The molecule has 0 saturated carbocycles. The summed E-state index contributed by atoms with van der Waals surface area (Å²) in [6.45, 7) is 9.17. The molecule has 2 fully saturated rings. The molecule has 1 aromatic rings. The molecule has 0 bridgehead atoms. The highest BCUT2D eigenvalue weighted by molar-refractivity contribution is 6.61. The summed E-state index contributed by atoms with van der Waals surface area (Å²) < 4.78 is 12.2. The monoisotopic (exact) mass is 303 g/mol. The van der Waals surface area contributed by atoms with E-state index in [0.717, 1.165) is 30.8 Å². The van der Waals surface area contributed by atoms with Crippen molar-refractivity contribution in [2.24, 2.45) is 5.73 Å². The Morgan fingerprint density at radius 2 is 1.86 bits per heavy atom. The van der Waals surface area contributed by atoms with E-state index in [2.05, 4.69) is 32.6 Å². The summed E-state index contributed by atoms with van der Waals surface area (Å²) in [5.41, 5.74) is 6.34. The summed E-state index contributed by atoms with van der Waals surface area (Å²) in [5.74, 6) is 0.916. The smallest absolute Gasteiger partial charge is 0.398 e. The molecule has 0 amide bonds. The van der Waals surface area contributed by atoms with Crippen LogP contribution >= 0.6 is 0 Å². The first-order chi connectivity index (χ1) is 10.3. The van der Waals surface area contributed by atoms with Gasteiger partial charge in [-0.2, -0.15) is 0 Å². The SMILES string of the molecule is CC1(C)OB(c2cccc(N3CCCCC3N)n2)OC1(C)C. The van der Waals surface area contributed by atoms with Gasteiger partial charge in [0.15, 0.2) is 0 Å². The third-order valence-corrected chi connectivity index (χ3v) is 5.09. The largest absolute Gasteiger partial charge is 0.514 e. The molecule has 120 valence electrons. The Kier molecular flexibility index (Phi) is 3.95. The molecule has 0 spiro atoms. The molecule has 1 unspecified atom stereocenters. The molecule has 2 aliphatic heterocycles. The fraction of sp³-hybridized carbons (Fsp3) is 0.688. The van der Waals surface area contributed by atoms with Crippen LogP contribution in [0.4, 0.5) is 5.82 Å². The first kappa shape index (κ1) is 15.8. The maximum atomic E-state index is 6.22. The van der Waals surface area contributed by atoms with Gasteiger partial charge in [0.2, 0.25) is 0 Å². The van der Waals surface area contributed by atoms with Crippen molar-refractivity contribution in [1.29, 1.82) is 0 Å². The van der Waals surface area contributed by atoms with Crippen LogP contribution in [0.15, 0.2) is 18.2 Å². The standard InChI is InChI=1S/C16H26BN3O2/c1-15(2)16(3,4)22-17(21-15)12-8-7-10-14(19-12)20-11-6-5-9-13(20)18/h7-8,10,13H,5-6,9,11,18H2,1-4H3. The predicted molar refractivity (Wildman–Crippen MR) is 89.1 cm³/mol. The zero-order valence-electron chi connectivity index (χ0n) is 14.0. The highest BCUT2D eigenvalue weighted by Gasteiger charge is 2.52. The predicted octanol–water partition coefficient (Wildman–Crippen LogP) is 1.66. The molecule has 0 radical (unpaired) electrons. The molecule has 2 saturated heterocycles. The lowest BCUT2D eigenvalue weighted by atomic mass is 9.84. The summed E-state index contributed by atoms with van der Waals surface area (Å²) >= 11 is 0. The number of hydrogen-bond donors (Lipinski definition) is 1. The van der Waals surface area contributed by atoms with Gasteiger partial charge >= 0.3 is 7.12 Å². The number of anilines is 1. The fourth-order valence-electron chi connectivity index (χ4n) is 2.94. The van der Waals surface area contributed by atoms with E-state index >= 15 is 0 Å². The van der Waals surface area contributed by atoms with Crippen LogP contribution in [0.2, 0.25) is 0 Å². The van der Waals surface area contributed by atoms with Crippen LogP contribution in [0.25, 0.3) is 0 Å². The molecule has 3 heterocycles. The van der Waals surface area contributed by atoms with E-state index in [1.54, 1.807) is 0 Å². The van der Waals surface area contributed by atoms with Gasteiger partial charge in [0.05, 0.1) is 23.0 Å². The van der Waals surface area contributed by atoms with Crippen molar-refractivity contribution < 1.29 is 9.31 Å². The average Bonchev–Trinajstić information content (AvgIpc) is 2.68. The number of nitrogens with zero attached hydrogens (tertiary/aromatic N) is 2. The van der Waals surface area contributed by atoms with Gasteiger partial charge in [-0.1, -0.05) is 6.07 Å². The summed E-state index contributed by atoms with van der Waals surface area (Å²) in [4.78, 5) is 6.93. The lowest BCUT2D eigenvalue weighted by Gasteiger charge is -2.34. The van der Waals surface area contributed by atoms with Crippen molar-refractivity contribution in [1.82, 2.24) is 4.98 Å². The first-order valence-corrected chi connectivity index (χ1v) is 8.15. The molecule has 0 aromatic carbocycles. The highest BCUT2D eigenvalue weighted by Crippen LogP contribution is 2.36. The van der Waals surface area contributed by atoms with E-state index in [-0.39, 0.29) is 17.4 Å². The van der Waals surface area contributed by atoms with Gasteiger partial charge in [-0.15, -0.1) is 0 Å². The molecule has 0 aliphatic carbocycles. The van der Waals surface area contributed by atoms with Crippen LogP contribution in [0.5, 0.6) is 0 Å². The third kappa shape index (κ3) is 2.75. The van der Waals surface area contributed by atoms with Gasteiger partial charge in [-0.25, -0.2) is 4.98 Å². The number of rotatable bonds is 2.